The minimum Gasteiger partial charge on any atom is -0.478 e. The van der Waals surface area contributed by atoms with Crippen LogP contribution in [0, 0.1) is 0 Å². The lowest BCUT2D eigenvalue weighted by Crippen LogP contribution is -2.17. The molecule has 0 aliphatic carbocycles. The van der Waals surface area contributed by atoms with E-state index < -0.39 is 16.0 Å². The number of pyridine rings is 1. The number of nitrogens with one attached hydrogen (secondary N) is 1. The van der Waals surface area contributed by atoms with Crippen molar-refractivity contribution in [3.63, 3.8) is 0 Å². The minimum absolute atomic E-state index is 0.00433. The molecule has 0 bridgehead atoms. The van der Waals surface area contributed by atoms with Gasteiger partial charge in [0.15, 0.2) is 5.82 Å². The molecule has 2 rings (SSSR count). The molecular weight excluding hydrogens is 384 g/mol. The van der Waals surface area contributed by atoms with Crippen molar-refractivity contribution in [3.8, 4) is 0 Å². The molecule has 1 aromatic carbocycles. The monoisotopic (exact) mass is 390 g/mol. The lowest BCUT2D eigenvalue weighted by molar-refractivity contribution is 0.0697. The van der Waals surface area contributed by atoms with Gasteiger partial charge in [0.25, 0.3) is 10.0 Å². The fourth-order valence-corrected chi connectivity index (χ4v) is 3.60. The first-order valence-corrected chi connectivity index (χ1v) is 8.13. The summed E-state index contributed by atoms with van der Waals surface area (Å²) in [5, 5.41) is 9.02. The zero-order valence-corrected chi connectivity index (χ0v) is 13.4. The maximum absolute atomic E-state index is 12.3. The Hall–Kier alpha value is -1.64. The summed E-state index contributed by atoms with van der Waals surface area (Å²) in [7, 11) is -4.05. The standard InChI is InChI=1S/C12H8BrClN2O4S/c13-7-3-4-10(9(14)6-7)21(19,20)16-11-8(12(17)18)2-1-5-15-11/h1-6H,(H,15,16)(H,17,18). The predicted octanol–water partition coefficient (Wildman–Crippen LogP) is 3.00. The Balaban J connectivity index is 2.45. The normalized spacial score (nSPS) is 11.1. The molecule has 1 aromatic heterocycles. The second kappa shape index (κ2) is 6.00. The van der Waals surface area contributed by atoms with E-state index in [1.54, 1.807) is 0 Å². The number of sulfonamides is 1. The number of nitrogens with zero attached hydrogens (tertiary/aromatic N) is 1. The predicted molar refractivity (Wildman–Crippen MR) is 81.2 cm³/mol. The average molecular weight is 392 g/mol. The molecule has 0 fully saturated rings. The Kier molecular flexibility index (Phi) is 4.50. The number of rotatable bonds is 4. The number of carboxylic acid groups (broad SMARTS) is 1. The summed E-state index contributed by atoms with van der Waals surface area (Å²) in [4.78, 5) is 14.6. The fraction of sp³-hybridized carbons (Fsp3) is 0. The van der Waals surface area contributed by atoms with Gasteiger partial charge in [-0.2, -0.15) is 0 Å². The molecule has 21 heavy (non-hydrogen) atoms. The van der Waals surface area contributed by atoms with Crippen molar-refractivity contribution in [1.82, 2.24) is 4.98 Å². The number of carbonyl (C=O) groups is 1. The molecule has 2 N–H and O–H groups in total. The van der Waals surface area contributed by atoms with Crippen molar-refractivity contribution in [2.45, 2.75) is 4.90 Å². The molecule has 1 heterocycles. The van der Waals surface area contributed by atoms with Gasteiger partial charge in [-0.15, -0.1) is 0 Å². The van der Waals surface area contributed by atoms with E-state index in [0.717, 1.165) is 0 Å². The highest BCUT2D eigenvalue weighted by atomic mass is 79.9. The summed E-state index contributed by atoms with van der Waals surface area (Å²) in [6.45, 7) is 0. The number of aromatic carboxylic acids is 1. The van der Waals surface area contributed by atoms with Crippen LogP contribution in [0.15, 0.2) is 45.9 Å². The third-order valence-electron chi connectivity index (χ3n) is 2.45. The number of hydrogen-bond acceptors (Lipinski definition) is 4. The van der Waals surface area contributed by atoms with Crippen LogP contribution in [-0.4, -0.2) is 24.5 Å². The lowest BCUT2D eigenvalue weighted by Gasteiger charge is -2.10. The number of benzene rings is 1. The molecule has 0 aliphatic rings. The van der Waals surface area contributed by atoms with Crippen LogP contribution in [0.2, 0.25) is 5.02 Å². The molecule has 0 radical (unpaired) electrons. The second-order valence-electron chi connectivity index (χ2n) is 3.88. The Morgan fingerprint density at radius 3 is 2.67 bits per heavy atom. The van der Waals surface area contributed by atoms with Crippen LogP contribution >= 0.6 is 27.5 Å². The summed E-state index contributed by atoms with van der Waals surface area (Å²) in [6.07, 6.45) is 1.29. The molecule has 0 unspecified atom stereocenters. The van der Waals surface area contributed by atoms with Crippen molar-refractivity contribution in [1.29, 1.82) is 0 Å². The van der Waals surface area contributed by atoms with Gasteiger partial charge >= 0.3 is 5.97 Å². The Morgan fingerprint density at radius 1 is 1.33 bits per heavy atom. The van der Waals surface area contributed by atoms with Crippen molar-refractivity contribution in [3.05, 3.63) is 51.6 Å². The maximum atomic E-state index is 12.3. The van der Waals surface area contributed by atoms with E-state index >= 15 is 0 Å². The van der Waals surface area contributed by atoms with Gasteiger partial charge in [0, 0.05) is 10.7 Å². The Labute approximate surface area is 134 Å². The van der Waals surface area contributed by atoms with Crippen molar-refractivity contribution < 1.29 is 18.3 Å². The molecule has 0 amide bonds. The van der Waals surface area contributed by atoms with Crippen molar-refractivity contribution in [2.75, 3.05) is 4.72 Å². The molecule has 0 saturated heterocycles. The van der Waals surface area contributed by atoms with Crippen LogP contribution in [-0.2, 0) is 10.0 Å². The smallest absolute Gasteiger partial charge is 0.339 e. The van der Waals surface area contributed by atoms with E-state index in [2.05, 4.69) is 25.6 Å². The number of carboxylic acids is 1. The van der Waals surface area contributed by atoms with E-state index in [9.17, 15) is 13.2 Å². The van der Waals surface area contributed by atoms with Crippen molar-refractivity contribution >= 4 is 49.3 Å². The van der Waals surface area contributed by atoms with Gasteiger partial charge in [0.1, 0.15) is 10.5 Å². The van der Waals surface area contributed by atoms with E-state index in [1.165, 1.54) is 36.5 Å². The molecule has 0 atom stereocenters. The summed E-state index contributed by atoms with van der Waals surface area (Å²) in [5.41, 5.74) is -0.255. The van der Waals surface area contributed by atoms with E-state index in [1.807, 2.05) is 0 Å². The highest BCUT2D eigenvalue weighted by Gasteiger charge is 2.21. The highest BCUT2D eigenvalue weighted by molar-refractivity contribution is 9.10. The molecule has 0 aliphatic heterocycles. The summed E-state index contributed by atoms with van der Waals surface area (Å²) in [5.74, 6) is -1.56. The maximum Gasteiger partial charge on any atom is 0.339 e. The number of aromatic nitrogens is 1. The van der Waals surface area contributed by atoms with E-state index in [0.29, 0.717) is 4.47 Å². The molecule has 110 valence electrons. The highest BCUT2D eigenvalue weighted by Crippen LogP contribution is 2.27. The summed E-state index contributed by atoms with van der Waals surface area (Å²) >= 11 is 9.07. The molecule has 0 spiro atoms. The third kappa shape index (κ3) is 3.52. The van der Waals surface area contributed by atoms with Crippen molar-refractivity contribution in [2.24, 2.45) is 0 Å². The number of halogens is 2. The summed E-state index contributed by atoms with van der Waals surface area (Å²) in [6, 6.07) is 6.88. The van der Waals surface area contributed by atoms with Gasteiger partial charge in [-0.1, -0.05) is 27.5 Å². The zero-order valence-electron chi connectivity index (χ0n) is 10.2. The largest absolute Gasteiger partial charge is 0.478 e. The van der Waals surface area contributed by atoms with Crippen LogP contribution in [0.4, 0.5) is 5.82 Å². The lowest BCUT2D eigenvalue weighted by atomic mass is 10.3. The molecule has 9 heteroatoms. The van der Waals surface area contributed by atoms with Gasteiger partial charge in [0.05, 0.1) is 5.02 Å². The molecule has 6 nitrogen and oxygen atoms in total. The van der Waals surface area contributed by atoms with Gasteiger partial charge in [-0.3, -0.25) is 4.72 Å². The van der Waals surface area contributed by atoms with Gasteiger partial charge < -0.3 is 5.11 Å². The average Bonchev–Trinajstić information content (AvgIpc) is 2.37. The van der Waals surface area contributed by atoms with Gasteiger partial charge in [-0.25, -0.2) is 18.2 Å². The minimum atomic E-state index is -4.05. The van der Waals surface area contributed by atoms with E-state index in [4.69, 9.17) is 16.7 Å². The Bertz CT molecular complexity index is 811. The molecule has 0 saturated carbocycles. The van der Waals surface area contributed by atoms with Gasteiger partial charge in [-0.05, 0) is 30.3 Å². The van der Waals surface area contributed by atoms with Crippen LogP contribution in [0.1, 0.15) is 10.4 Å². The first-order valence-electron chi connectivity index (χ1n) is 5.47. The number of hydrogen-bond donors (Lipinski definition) is 2. The van der Waals surface area contributed by atoms with Crippen LogP contribution in [0.3, 0.4) is 0 Å². The van der Waals surface area contributed by atoms with Crippen LogP contribution in [0.25, 0.3) is 0 Å². The van der Waals surface area contributed by atoms with E-state index in [-0.39, 0.29) is 21.3 Å². The number of anilines is 1. The zero-order chi connectivity index (χ0) is 15.6. The van der Waals surface area contributed by atoms with Crippen LogP contribution < -0.4 is 4.72 Å². The third-order valence-corrected chi connectivity index (χ3v) is 4.77. The quantitative estimate of drug-likeness (QED) is 0.835. The van der Waals surface area contributed by atoms with Gasteiger partial charge in [0.2, 0.25) is 0 Å². The molecule has 2 aromatic rings. The van der Waals surface area contributed by atoms with Crippen LogP contribution in [0.5, 0.6) is 0 Å². The second-order valence-corrected chi connectivity index (χ2v) is 6.86. The molecular formula is C12H8BrClN2O4S. The first-order chi connectivity index (χ1) is 9.81. The Morgan fingerprint density at radius 2 is 2.05 bits per heavy atom. The fourth-order valence-electron chi connectivity index (χ4n) is 1.53. The first kappa shape index (κ1) is 15.7. The topological polar surface area (TPSA) is 96.4 Å². The SMILES string of the molecule is O=C(O)c1cccnc1NS(=O)(=O)c1ccc(Br)cc1Cl. The summed E-state index contributed by atoms with van der Waals surface area (Å²) < 4.78 is 27.3.